The first-order valence-corrected chi connectivity index (χ1v) is 13.2. The highest BCUT2D eigenvalue weighted by molar-refractivity contribution is 9.11. The number of anilines is 1. The van der Waals surface area contributed by atoms with Crippen LogP contribution in [0.4, 0.5) is 14.9 Å². The molecule has 0 saturated carbocycles. The van der Waals surface area contributed by atoms with Crippen molar-refractivity contribution in [2.75, 3.05) is 11.9 Å². The number of nitrogens with zero attached hydrogens (tertiary/aromatic N) is 1. The van der Waals surface area contributed by atoms with Crippen LogP contribution in [-0.4, -0.2) is 28.5 Å². The average molecular weight is 655 g/mol. The molecule has 1 aliphatic heterocycles. The Labute approximate surface area is 232 Å². The molecule has 0 bridgehead atoms. The Hall–Kier alpha value is -2.66. The quantitative estimate of drug-likeness (QED) is 0.272. The van der Waals surface area contributed by atoms with Crippen molar-refractivity contribution in [3.05, 3.63) is 96.5 Å². The van der Waals surface area contributed by atoms with Crippen LogP contribution < -0.4 is 10.1 Å². The van der Waals surface area contributed by atoms with Gasteiger partial charge in [0.1, 0.15) is 24.7 Å². The van der Waals surface area contributed by atoms with Gasteiger partial charge in [-0.2, -0.15) is 0 Å². The summed E-state index contributed by atoms with van der Waals surface area (Å²) in [7, 11) is 0. The van der Waals surface area contributed by atoms with Crippen LogP contribution in [0.5, 0.6) is 5.75 Å². The van der Waals surface area contributed by atoms with Crippen molar-refractivity contribution in [1.82, 2.24) is 4.90 Å². The fourth-order valence-electron chi connectivity index (χ4n) is 3.23. The Balaban J connectivity index is 1.44. The van der Waals surface area contributed by atoms with E-state index in [1.807, 2.05) is 0 Å². The summed E-state index contributed by atoms with van der Waals surface area (Å²) in [5.74, 6) is -0.979. The molecule has 0 aromatic heterocycles. The standard InChI is InChI=1S/C25H16Br2ClFN2O4S/c26-18-9-14(10-19(27)23(18)35-13-15-3-1-2-4-20(15)29)11-21-24(33)31(25(34)36-21)12-22(32)30-17-7-5-16(28)6-8-17/h1-11H,12-13H2,(H,30,32)/b21-11+. The van der Waals surface area contributed by atoms with Gasteiger partial charge >= 0.3 is 0 Å². The molecule has 1 fully saturated rings. The molecule has 4 rings (SSSR count). The molecule has 3 amide bonds. The fraction of sp³-hybridized carbons (Fsp3) is 0.0800. The second-order valence-corrected chi connectivity index (χ2v) is 10.7. The largest absolute Gasteiger partial charge is 0.486 e. The van der Waals surface area contributed by atoms with Gasteiger partial charge in [0.25, 0.3) is 11.1 Å². The fourth-order valence-corrected chi connectivity index (χ4v) is 5.65. The number of halogens is 4. The zero-order valence-electron chi connectivity index (χ0n) is 18.3. The van der Waals surface area contributed by atoms with Crippen LogP contribution >= 0.6 is 55.2 Å². The topological polar surface area (TPSA) is 75.7 Å². The first-order chi connectivity index (χ1) is 17.2. The highest BCUT2D eigenvalue weighted by atomic mass is 79.9. The summed E-state index contributed by atoms with van der Waals surface area (Å²) in [5, 5.41) is 2.61. The Kier molecular flexibility index (Phi) is 8.50. The molecule has 1 heterocycles. The number of imide groups is 1. The molecule has 0 unspecified atom stereocenters. The third-order valence-electron chi connectivity index (χ3n) is 4.95. The van der Waals surface area contributed by atoms with Crippen LogP contribution in [0.15, 0.2) is 74.5 Å². The van der Waals surface area contributed by atoms with Crippen molar-refractivity contribution in [3.8, 4) is 5.75 Å². The van der Waals surface area contributed by atoms with Crippen molar-refractivity contribution in [3.63, 3.8) is 0 Å². The molecule has 3 aromatic rings. The SMILES string of the molecule is O=C(CN1C(=O)S/C(=C/c2cc(Br)c(OCc3ccccc3F)c(Br)c2)C1=O)Nc1ccc(Cl)cc1. The summed E-state index contributed by atoms with van der Waals surface area (Å²) in [6.07, 6.45) is 1.55. The van der Waals surface area contributed by atoms with E-state index in [1.165, 1.54) is 6.07 Å². The van der Waals surface area contributed by atoms with Crippen molar-refractivity contribution < 1.29 is 23.5 Å². The summed E-state index contributed by atoms with van der Waals surface area (Å²) >= 11 is 13.5. The molecule has 1 N–H and O–H groups in total. The van der Waals surface area contributed by atoms with Gasteiger partial charge in [0.15, 0.2) is 0 Å². The molecule has 1 aliphatic rings. The smallest absolute Gasteiger partial charge is 0.294 e. The first-order valence-electron chi connectivity index (χ1n) is 10.4. The monoisotopic (exact) mass is 652 g/mol. The molecule has 11 heteroatoms. The highest BCUT2D eigenvalue weighted by Crippen LogP contribution is 2.38. The van der Waals surface area contributed by atoms with E-state index in [4.69, 9.17) is 16.3 Å². The van der Waals surface area contributed by atoms with E-state index in [0.29, 0.717) is 36.5 Å². The van der Waals surface area contributed by atoms with E-state index in [9.17, 15) is 18.8 Å². The van der Waals surface area contributed by atoms with E-state index in [-0.39, 0.29) is 17.3 Å². The lowest BCUT2D eigenvalue weighted by Gasteiger charge is -2.13. The molecule has 0 aliphatic carbocycles. The second kappa shape index (κ2) is 11.6. The Morgan fingerprint density at radius 2 is 1.75 bits per heavy atom. The number of hydrogen-bond acceptors (Lipinski definition) is 5. The molecule has 0 spiro atoms. The van der Waals surface area contributed by atoms with Crippen LogP contribution in [0, 0.1) is 5.82 Å². The number of hydrogen-bond donors (Lipinski definition) is 1. The normalized spacial score (nSPS) is 14.4. The number of thioether (sulfide) groups is 1. The van der Waals surface area contributed by atoms with Crippen LogP contribution in [0.25, 0.3) is 6.08 Å². The third-order valence-corrected chi connectivity index (χ3v) is 7.29. The molecule has 36 heavy (non-hydrogen) atoms. The summed E-state index contributed by atoms with van der Waals surface area (Å²) in [6.45, 7) is -0.388. The van der Waals surface area contributed by atoms with Gasteiger partial charge in [-0.05, 0) is 97.7 Å². The molecular weight excluding hydrogens is 639 g/mol. The summed E-state index contributed by atoms with van der Waals surface area (Å²) < 4.78 is 20.8. The molecule has 6 nitrogen and oxygen atoms in total. The predicted molar refractivity (Wildman–Crippen MR) is 145 cm³/mol. The lowest BCUT2D eigenvalue weighted by atomic mass is 10.2. The number of ether oxygens (including phenoxy) is 1. The van der Waals surface area contributed by atoms with Gasteiger partial charge in [0.05, 0.1) is 13.9 Å². The van der Waals surface area contributed by atoms with Gasteiger partial charge in [-0.1, -0.05) is 29.8 Å². The molecule has 0 atom stereocenters. The maximum Gasteiger partial charge on any atom is 0.294 e. The minimum Gasteiger partial charge on any atom is -0.486 e. The maximum atomic E-state index is 13.9. The van der Waals surface area contributed by atoms with Crippen molar-refractivity contribution >= 4 is 84.0 Å². The minimum atomic E-state index is -0.566. The number of benzene rings is 3. The Morgan fingerprint density at radius 1 is 1.08 bits per heavy atom. The van der Waals surface area contributed by atoms with Crippen molar-refractivity contribution in [2.45, 2.75) is 6.61 Å². The zero-order valence-corrected chi connectivity index (χ0v) is 23.0. The number of rotatable bonds is 7. The predicted octanol–water partition coefficient (Wildman–Crippen LogP) is 7.26. The van der Waals surface area contributed by atoms with Gasteiger partial charge in [-0.3, -0.25) is 19.3 Å². The molecule has 0 radical (unpaired) electrons. The van der Waals surface area contributed by atoms with E-state index < -0.39 is 23.6 Å². The van der Waals surface area contributed by atoms with E-state index in [1.54, 1.807) is 60.7 Å². The number of amides is 3. The third kappa shape index (κ3) is 6.36. The van der Waals surface area contributed by atoms with E-state index >= 15 is 0 Å². The van der Waals surface area contributed by atoms with Gasteiger partial charge in [0.2, 0.25) is 5.91 Å². The zero-order chi connectivity index (χ0) is 25.8. The summed E-state index contributed by atoms with van der Waals surface area (Å²) in [6, 6.07) is 16.2. The lowest BCUT2D eigenvalue weighted by molar-refractivity contribution is -0.127. The van der Waals surface area contributed by atoms with Gasteiger partial charge in [0, 0.05) is 16.3 Å². The molecule has 184 valence electrons. The minimum absolute atomic E-state index is 0.0280. The highest BCUT2D eigenvalue weighted by Gasteiger charge is 2.36. The van der Waals surface area contributed by atoms with Crippen LogP contribution in [0.1, 0.15) is 11.1 Å². The van der Waals surface area contributed by atoms with Crippen LogP contribution in [0.2, 0.25) is 5.02 Å². The van der Waals surface area contributed by atoms with Crippen LogP contribution in [0.3, 0.4) is 0 Å². The lowest BCUT2D eigenvalue weighted by Crippen LogP contribution is -2.36. The summed E-state index contributed by atoms with van der Waals surface area (Å²) in [4.78, 5) is 38.6. The molecular formula is C25H16Br2ClFN2O4S. The second-order valence-electron chi connectivity index (χ2n) is 7.52. The number of carbonyl (C=O) groups excluding carboxylic acids is 3. The first kappa shape index (κ1) is 26.4. The van der Waals surface area contributed by atoms with Crippen molar-refractivity contribution in [1.29, 1.82) is 0 Å². The maximum absolute atomic E-state index is 13.9. The molecule has 3 aromatic carbocycles. The van der Waals surface area contributed by atoms with Crippen LogP contribution in [-0.2, 0) is 16.2 Å². The van der Waals surface area contributed by atoms with E-state index in [2.05, 4.69) is 37.2 Å². The number of nitrogens with one attached hydrogen (secondary N) is 1. The van der Waals surface area contributed by atoms with E-state index in [0.717, 1.165) is 16.7 Å². The van der Waals surface area contributed by atoms with Gasteiger partial charge in [-0.25, -0.2) is 4.39 Å². The average Bonchev–Trinajstić information content (AvgIpc) is 3.08. The Bertz CT molecular complexity index is 1360. The Morgan fingerprint density at radius 3 is 2.42 bits per heavy atom. The van der Waals surface area contributed by atoms with Crippen molar-refractivity contribution in [2.24, 2.45) is 0 Å². The van der Waals surface area contributed by atoms with Gasteiger partial charge < -0.3 is 10.1 Å². The summed E-state index contributed by atoms with van der Waals surface area (Å²) in [5.41, 5.74) is 1.52. The molecule has 1 saturated heterocycles. The van der Waals surface area contributed by atoms with Gasteiger partial charge in [-0.15, -0.1) is 0 Å². The number of carbonyl (C=O) groups is 3.